The van der Waals surface area contributed by atoms with E-state index in [0.29, 0.717) is 0 Å². The molecule has 0 amide bonds. The van der Waals surface area contributed by atoms with Crippen LogP contribution < -0.4 is 0 Å². The summed E-state index contributed by atoms with van der Waals surface area (Å²) in [6.45, 7) is 0. The van der Waals surface area contributed by atoms with Crippen LogP contribution in [0, 0.1) is 5.92 Å². The summed E-state index contributed by atoms with van der Waals surface area (Å²) in [5, 5.41) is 7.62. The smallest absolute Gasteiger partial charge is 0.0137 e. The molecule has 0 saturated heterocycles. The standard InChI is InChI=1S/C56H38/c1-3-11-37(12-4-1)46-27-29-49-53(33-46)51(42-23-19-41(20-24-42)45-25-21-39-15-7-9-17-43(39)31-45)35-55-50-30-28-47(38-13-5-2-6-14-38)34-54(50)52(36-56(49)55)48-26-22-40-16-8-10-18-44(40)32-48/h1-36,49,53H. The zero-order valence-corrected chi connectivity index (χ0v) is 30.9. The zero-order valence-electron chi connectivity index (χ0n) is 30.9. The van der Waals surface area contributed by atoms with Gasteiger partial charge < -0.3 is 0 Å². The largest absolute Gasteiger partial charge is 0.0755 e. The second kappa shape index (κ2) is 13.4. The van der Waals surface area contributed by atoms with Crippen molar-refractivity contribution >= 4 is 49.5 Å². The van der Waals surface area contributed by atoms with Gasteiger partial charge in [-0.3, -0.25) is 0 Å². The predicted octanol–water partition coefficient (Wildman–Crippen LogP) is 15.1. The van der Waals surface area contributed by atoms with Gasteiger partial charge in [-0.15, -0.1) is 0 Å². The zero-order chi connectivity index (χ0) is 37.0. The Hall–Kier alpha value is -7.02. The van der Waals surface area contributed by atoms with Crippen molar-refractivity contribution in [3.05, 3.63) is 235 Å². The molecule has 0 N–H and O–H groups in total. The van der Waals surface area contributed by atoms with Gasteiger partial charge in [0.15, 0.2) is 0 Å². The molecule has 9 aromatic rings. The van der Waals surface area contributed by atoms with E-state index in [9.17, 15) is 0 Å². The molecule has 0 aromatic heterocycles. The topological polar surface area (TPSA) is 0 Å². The average Bonchev–Trinajstić information content (AvgIpc) is 3.28. The average molecular weight is 711 g/mol. The summed E-state index contributed by atoms with van der Waals surface area (Å²) in [4.78, 5) is 0. The highest BCUT2D eigenvalue weighted by atomic mass is 14.4. The molecule has 0 heterocycles. The van der Waals surface area contributed by atoms with Gasteiger partial charge in [0.05, 0.1) is 0 Å². The third-order valence-electron chi connectivity index (χ3n) is 12.0. The molecule has 0 spiro atoms. The van der Waals surface area contributed by atoms with Crippen molar-refractivity contribution in [2.75, 3.05) is 0 Å². The minimum absolute atomic E-state index is 0.180. The summed E-state index contributed by atoms with van der Waals surface area (Å²) in [6.07, 6.45) is 9.85. The first-order valence-electron chi connectivity index (χ1n) is 19.7. The van der Waals surface area contributed by atoms with Crippen molar-refractivity contribution in [3.8, 4) is 33.4 Å². The highest BCUT2D eigenvalue weighted by Crippen LogP contribution is 2.51. The SMILES string of the molecule is C1=CC2c3cc(-c4ccc5ccccc5c4)c4cc(-c5ccccc5)ccc4c3C=C(c3ccc(-c4ccc5ccccc5c4)cc3)C2C=C1c1ccccc1. The molecule has 2 aliphatic carbocycles. The maximum atomic E-state index is 2.52. The quantitative estimate of drug-likeness (QED) is 0.167. The van der Waals surface area contributed by atoms with Crippen molar-refractivity contribution in [2.24, 2.45) is 5.92 Å². The van der Waals surface area contributed by atoms with Crippen LogP contribution in [0.5, 0.6) is 0 Å². The van der Waals surface area contributed by atoms with Crippen molar-refractivity contribution in [1.82, 2.24) is 0 Å². The summed E-state index contributed by atoms with van der Waals surface area (Å²) in [6, 6.07) is 71.5. The Balaban J connectivity index is 1.12. The van der Waals surface area contributed by atoms with Crippen LogP contribution in [0.15, 0.2) is 212 Å². The molecule has 0 aliphatic heterocycles. The van der Waals surface area contributed by atoms with Crippen molar-refractivity contribution < 1.29 is 0 Å². The van der Waals surface area contributed by atoms with Crippen LogP contribution in [0.3, 0.4) is 0 Å². The van der Waals surface area contributed by atoms with E-state index in [-0.39, 0.29) is 11.8 Å². The molecule has 0 radical (unpaired) electrons. The second-order valence-corrected chi connectivity index (χ2v) is 15.3. The van der Waals surface area contributed by atoms with Gasteiger partial charge in [0.2, 0.25) is 0 Å². The summed E-state index contributed by atoms with van der Waals surface area (Å²) in [5.41, 5.74) is 15.3. The lowest BCUT2D eigenvalue weighted by Crippen LogP contribution is -2.19. The van der Waals surface area contributed by atoms with Gasteiger partial charge in [-0.05, 0) is 129 Å². The normalized spacial score (nSPS) is 16.0. The molecule has 56 heavy (non-hydrogen) atoms. The van der Waals surface area contributed by atoms with E-state index in [0.717, 1.165) is 0 Å². The molecule has 0 bridgehead atoms. The minimum Gasteiger partial charge on any atom is -0.0755 e. The first kappa shape index (κ1) is 32.4. The lowest BCUT2D eigenvalue weighted by Gasteiger charge is -2.35. The van der Waals surface area contributed by atoms with E-state index in [1.165, 1.54) is 99.1 Å². The van der Waals surface area contributed by atoms with Crippen LogP contribution in [0.4, 0.5) is 0 Å². The van der Waals surface area contributed by atoms with Gasteiger partial charge in [-0.25, -0.2) is 0 Å². The highest BCUT2D eigenvalue weighted by Gasteiger charge is 2.33. The molecule has 2 atom stereocenters. The monoisotopic (exact) mass is 710 g/mol. The van der Waals surface area contributed by atoms with E-state index in [4.69, 9.17) is 0 Å². The number of hydrogen-bond acceptors (Lipinski definition) is 0. The van der Waals surface area contributed by atoms with Crippen LogP contribution in [0.1, 0.15) is 28.2 Å². The molecular weight excluding hydrogens is 673 g/mol. The van der Waals surface area contributed by atoms with E-state index in [2.05, 4.69) is 218 Å². The Morgan fingerprint density at radius 1 is 0.339 bits per heavy atom. The molecule has 0 fully saturated rings. The van der Waals surface area contributed by atoms with E-state index >= 15 is 0 Å². The Morgan fingerprint density at radius 3 is 1.59 bits per heavy atom. The lowest BCUT2D eigenvalue weighted by molar-refractivity contribution is 0.713. The molecule has 0 heteroatoms. The number of rotatable bonds is 5. The van der Waals surface area contributed by atoms with Crippen LogP contribution >= 0.6 is 0 Å². The second-order valence-electron chi connectivity index (χ2n) is 15.3. The molecule has 0 saturated carbocycles. The molecule has 262 valence electrons. The maximum absolute atomic E-state index is 2.52. The molecule has 11 rings (SSSR count). The summed E-state index contributed by atoms with van der Waals surface area (Å²) >= 11 is 0. The first-order chi connectivity index (χ1) is 27.7. The van der Waals surface area contributed by atoms with Crippen LogP contribution in [0.25, 0.3) is 82.9 Å². The fourth-order valence-electron chi connectivity index (χ4n) is 9.15. The number of benzene rings is 9. The van der Waals surface area contributed by atoms with Gasteiger partial charge in [-0.1, -0.05) is 188 Å². The van der Waals surface area contributed by atoms with E-state index < -0.39 is 0 Å². The van der Waals surface area contributed by atoms with Gasteiger partial charge in [0.25, 0.3) is 0 Å². The van der Waals surface area contributed by atoms with Crippen LogP contribution in [-0.4, -0.2) is 0 Å². The molecular formula is C56H38. The Labute approximate surface area is 328 Å². The van der Waals surface area contributed by atoms with Gasteiger partial charge >= 0.3 is 0 Å². The van der Waals surface area contributed by atoms with Crippen molar-refractivity contribution in [3.63, 3.8) is 0 Å². The molecule has 9 aromatic carbocycles. The fraction of sp³-hybridized carbons (Fsp3) is 0.0357. The van der Waals surface area contributed by atoms with Crippen LogP contribution in [-0.2, 0) is 0 Å². The molecule has 2 unspecified atom stereocenters. The summed E-state index contributed by atoms with van der Waals surface area (Å²) in [7, 11) is 0. The maximum Gasteiger partial charge on any atom is 0.0137 e. The Bertz CT molecular complexity index is 3050. The van der Waals surface area contributed by atoms with Gasteiger partial charge in [-0.2, -0.15) is 0 Å². The third kappa shape index (κ3) is 5.62. The lowest BCUT2D eigenvalue weighted by atomic mass is 9.68. The fourth-order valence-corrected chi connectivity index (χ4v) is 9.15. The van der Waals surface area contributed by atoms with E-state index in [1.807, 2.05) is 0 Å². The first-order valence-corrected chi connectivity index (χ1v) is 19.7. The number of fused-ring (bicyclic) bond motifs is 7. The summed E-state index contributed by atoms with van der Waals surface area (Å²) < 4.78 is 0. The molecule has 2 aliphatic rings. The van der Waals surface area contributed by atoms with Gasteiger partial charge in [0.1, 0.15) is 0 Å². The Morgan fingerprint density at radius 2 is 0.875 bits per heavy atom. The highest BCUT2D eigenvalue weighted by molar-refractivity contribution is 6.08. The molecule has 0 nitrogen and oxygen atoms in total. The Kier molecular flexibility index (Phi) is 7.74. The van der Waals surface area contributed by atoms with E-state index in [1.54, 1.807) is 0 Å². The predicted molar refractivity (Wildman–Crippen MR) is 239 cm³/mol. The van der Waals surface area contributed by atoms with Crippen LogP contribution in [0.2, 0.25) is 0 Å². The number of allylic oxidation sites excluding steroid dienone is 5. The summed E-state index contributed by atoms with van der Waals surface area (Å²) in [5.74, 6) is 0.370. The number of hydrogen-bond donors (Lipinski definition) is 0. The minimum atomic E-state index is 0.180. The van der Waals surface area contributed by atoms with Crippen molar-refractivity contribution in [2.45, 2.75) is 5.92 Å². The third-order valence-corrected chi connectivity index (χ3v) is 12.0. The van der Waals surface area contributed by atoms with Crippen molar-refractivity contribution in [1.29, 1.82) is 0 Å². The van der Waals surface area contributed by atoms with Gasteiger partial charge in [0, 0.05) is 11.8 Å².